The van der Waals surface area contributed by atoms with Crippen LogP contribution < -0.4 is 5.32 Å². The van der Waals surface area contributed by atoms with Gasteiger partial charge in [-0.3, -0.25) is 0 Å². The molecule has 0 aliphatic carbocycles. The summed E-state index contributed by atoms with van der Waals surface area (Å²) in [7, 11) is 0. The van der Waals surface area contributed by atoms with Gasteiger partial charge < -0.3 is 15.0 Å². The van der Waals surface area contributed by atoms with Gasteiger partial charge in [0.05, 0.1) is 12.5 Å². The molecular formula is C11H19F3N2O. The topological polar surface area (TPSA) is 24.5 Å². The third-order valence-corrected chi connectivity index (χ3v) is 3.48. The van der Waals surface area contributed by atoms with Crippen LogP contribution >= 0.6 is 0 Å². The molecule has 2 fully saturated rings. The van der Waals surface area contributed by atoms with Gasteiger partial charge in [-0.15, -0.1) is 0 Å². The van der Waals surface area contributed by atoms with Crippen LogP contribution in [0, 0.1) is 11.8 Å². The minimum Gasteiger partial charge on any atom is -0.381 e. The molecule has 2 saturated heterocycles. The lowest BCUT2D eigenvalue weighted by molar-refractivity contribution is -0.176. The van der Waals surface area contributed by atoms with E-state index in [0.29, 0.717) is 25.6 Å². The molecule has 0 aromatic carbocycles. The monoisotopic (exact) mass is 252 g/mol. The summed E-state index contributed by atoms with van der Waals surface area (Å²) in [6.45, 7) is 3.67. The molecular weight excluding hydrogens is 233 g/mol. The van der Waals surface area contributed by atoms with Crippen molar-refractivity contribution in [3.63, 3.8) is 0 Å². The van der Waals surface area contributed by atoms with Crippen LogP contribution in [0.3, 0.4) is 0 Å². The molecule has 100 valence electrons. The lowest BCUT2D eigenvalue weighted by Crippen LogP contribution is -2.39. The van der Waals surface area contributed by atoms with E-state index in [4.69, 9.17) is 4.74 Å². The highest BCUT2D eigenvalue weighted by molar-refractivity contribution is 4.80. The summed E-state index contributed by atoms with van der Waals surface area (Å²) in [5, 5.41) is 2.87. The molecule has 6 heteroatoms. The molecule has 0 aromatic rings. The second-order valence-corrected chi connectivity index (χ2v) is 4.93. The van der Waals surface area contributed by atoms with Crippen molar-refractivity contribution in [3.8, 4) is 0 Å². The molecule has 0 aromatic heterocycles. The smallest absolute Gasteiger partial charge is 0.381 e. The van der Waals surface area contributed by atoms with E-state index < -0.39 is 12.1 Å². The lowest BCUT2D eigenvalue weighted by Gasteiger charge is -2.27. The zero-order valence-corrected chi connectivity index (χ0v) is 9.80. The maximum Gasteiger partial charge on any atom is 0.394 e. The molecule has 0 bridgehead atoms. The van der Waals surface area contributed by atoms with E-state index in [0.717, 1.165) is 19.6 Å². The van der Waals surface area contributed by atoms with Gasteiger partial charge in [0.25, 0.3) is 0 Å². The molecule has 2 aliphatic heterocycles. The molecule has 1 N–H and O–H groups in total. The summed E-state index contributed by atoms with van der Waals surface area (Å²) >= 11 is 0. The van der Waals surface area contributed by atoms with Gasteiger partial charge >= 0.3 is 6.18 Å². The molecule has 2 rings (SSSR count). The standard InChI is InChI=1S/C11H19F3N2O/c12-11(13,14)10-5-15-2-3-16(7-10)6-9-1-4-17-8-9/h9-10,15H,1-8H2. The maximum atomic E-state index is 12.7. The first kappa shape index (κ1) is 13.1. The number of rotatable bonds is 2. The van der Waals surface area contributed by atoms with E-state index >= 15 is 0 Å². The molecule has 0 spiro atoms. The van der Waals surface area contributed by atoms with E-state index in [1.807, 2.05) is 4.90 Å². The third-order valence-electron chi connectivity index (χ3n) is 3.48. The van der Waals surface area contributed by atoms with Gasteiger partial charge in [0, 0.05) is 39.3 Å². The second kappa shape index (κ2) is 5.54. The molecule has 3 nitrogen and oxygen atoms in total. The van der Waals surface area contributed by atoms with Crippen molar-refractivity contribution < 1.29 is 17.9 Å². The number of nitrogens with zero attached hydrogens (tertiary/aromatic N) is 1. The summed E-state index contributed by atoms with van der Waals surface area (Å²) in [6.07, 6.45) is -3.12. The first-order chi connectivity index (χ1) is 8.05. The Hall–Kier alpha value is -0.330. The summed E-state index contributed by atoms with van der Waals surface area (Å²) in [6, 6.07) is 0. The fourth-order valence-corrected chi connectivity index (χ4v) is 2.46. The van der Waals surface area contributed by atoms with E-state index in [1.54, 1.807) is 0 Å². The Morgan fingerprint density at radius 3 is 2.82 bits per heavy atom. The Morgan fingerprint density at radius 2 is 2.18 bits per heavy atom. The van der Waals surface area contributed by atoms with E-state index in [9.17, 15) is 13.2 Å². The predicted octanol–water partition coefficient (Wildman–Crippen LogP) is 1.11. The second-order valence-electron chi connectivity index (χ2n) is 4.93. The molecule has 2 heterocycles. The quantitative estimate of drug-likeness (QED) is 0.796. The fourth-order valence-electron chi connectivity index (χ4n) is 2.46. The number of halogens is 3. The Labute approximate surface area is 99.3 Å². The van der Waals surface area contributed by atoms with Crippen molar-refractivity contribution in [2.75, 3.05) is 45.9 Å². The normalized spacial score (nSPS) is 32.6. The predicted molar refractivity (Wildman–Crippen MR) is 57.8 cm³/mol. The van der Waals surface area contributed by atoms with Gasteiger partial charge in [-0.1, -0.05) is 0 Å². The first-order valence-electron chi connectivity index (χ1n) is 6.13. The maximum absolute atomic E-state index is 12.7. The number of ether oxygens (including phenoxy) is 1. The zero-order valence-electron chi connectivity index (χ0n) is 9.80. The molecule has 17 heavy (non-hydrogen) atoms. The summed E-state index contributed by atoms with van der Waals surface area (Å²) in [5.41, 5.74) is 0. The van der Waals surface area contributed by atoms with E-state index in [-0.39, 0.29) is 13.1 Å². The average molecular weight is 252 g/mol. The van der Waals surface area contributed by atoms with Crippen molar-refractivity contribution in [1.29, 1.82) is 0 Å². The average Bonchev–Trinajstić information content (AvgIpc) is 2.61. The van der Waals surface area contributed by atoms with Gasteiger partial charge in [0.15, 0.2) is 0 Å². The minimum atomic E-state index is -4.10. The van der Waals surface area contributed by atoms with Crippen molar-refractivity contribution in [2.24, 2.45) is 11.8 Å². The number of hydrogen-bond acceptors (Lipinski definition) is 3. The highest BCUT2D eigenvalue weighted by Gasteiger charge is 2.41. The molecule has 2 atom stereocenters. The van der Waals surface area contributed by atoms with Crippen LogP contribution in [0.25, 0.3) is 0 Å². The fraction of sp³-hybridized carbons (Fsp3) is 1.00. The van der Waals surface area contributed by atoms with Crippen LogP contribution in [0.2, 0.25) is 0 Å². The first-order valence-corrected chi connectivity index (χ1v) is 6.13. The van der Waals surface area contributed by atoms with Crippen LogP contribution in [-0.4, -0.2) is 57.0 Å². The largest absolute Gasteiger partial charge is 0.394 e. The van der Waals surface area contributed by atoms with Crippen molar-refractivity contribution in [2.45, 2.75) is 12.6 Å². The van der Waals surface area contributed by atoms with Gasteiger partial charge in [-0.25, -0.2) is 0 Å². The van der Waals surface area contributed by atoms with Gasteiger partial charge in [-0.2, -0.15) is 13.2 Å². The van der Waals surface area contributed by atoms with Crippen molar-refractivity contribution >= 4 is 0 Å². The van der Waals surface area contributed by atoms with Gasteiger partial charge in [0.1, 0.15) is 0 Å². The molecule has 2 aliphatic rings. The van der Waals surface area contributed by atoms with Crippen molar-refractivity contribution in [1.82, 2.24) is 10.2 Å². The number of alkyl halides is 3. The minimum absolute atomic E-state index is 0.0428. The van der Waals surface area contributed by atoms with Crippen LogP contribution in [0.5, 0.6) is 0 Å². The Bertz CT molecular complexity index is 241. The van der Waals surface area contributed by atoms with Crippen LogP contribution in [0.1, 0.15) is 6.42 Å². The third kappa shape index (κ3) is 3.82. The van der Waals surface area contributed by atoms with Gasteiger partial charge in [-0.05, 0) is 12.3 Å². The summed E-state index contributed by atoms with van der Waals surface area (Å²) < 4.78 is 43.4. The molecule has 0 radical (unpaired) electrons. The number of hydrogen-bond donors (Lipinski definition) is 1. The Morgan fingerprint density at radius 1 is 1.35 bits per heavy atom. The SMILES string of the molecule is FC(F)(F)C1CNCCN(CC2CCOC2)C1. The Kier molecular flexibility index (Phi) is 4.27. The van der Waals surface area contributed by atoms with Gasteiger partial charge in [0.2, 0.25) is 0 Å². The molecule has 0 amide bonds. The lowest BCUT2D eigenvalue weighted by atomic mass is 10.1. The van der Waals surface area contributed by atoms with Crippen LogP contribution in [0.15, 0.2) is 0 Å². The highest BCUT2D eigenvalue weighted by atomic mass is 19.4. The summed E-state index contributed by atoms with van der Waals surface area (Å²) in [4.78, 5) is 1.93. The summed E-state index contributed by atoms with van der Waals surface area (Å²) in [5.74, 6) is -0.839. The van der Waals surface area contributed by atoms with Crippen LogP contribution in [0.4, 0.5) is 13.2 Å². The number of nitrogens with one attached hydrogen (secondary N) is 1. The van der Waals surface area contributed by atoms with Crippen molar-refractivity contribution in [3.05, 3.63) is 0 Å². The Balaban J connectivity index is 1.87. The zero-order chi connectivity index (χ0) is 12.3. The van der Waals surface area contributed by atoms with E-state index in [2.05, 4.69) is 5.32 Å². The molecule has 0 saturated carbocycles. The van der Waals surface area contributed by atoms with Crippen LogP contribution in [-0.2, 0) is 4.74 Å². The van der Waals surface area contributed by atoms with E-state index in [1.165, 1.54) is 0 Å². The molecule has 2 unspecified atom stereocenters. The highest BCUT2D eigenvalue weighted by Crippen LogP contribution is 2.28.